The summed E-state index contributed by atoms with van der Waals surface area (Å²) in [6.07, 6.45) is 9.68. The molecule has 0 spiro atoms. The van der Waals surface area contributed by atoms with E-state index >= 15 is 0 Å². The number of urea groups is 1. The zero-order valence-corrected chi connectivity index (χ0v) is 10.3. The summed E-state index contributed by atoms with van der Waals surface area (Å²) >= 11 is 0. The van der Waals surface area contributed by atoms with E-state index in [0.29, 0.717) is 12.1 Å². The van der Waals surface area contributed by atoms with Gasteiger partial charge in [-0.15, -0.1) is 0 Å². The van der Waals surface area contributed by atoms with E-state index in [9.17, 15) is 4.79 Å². The first-order chi connectivity index (χ1) is 7.74. The Kier molecular flexibility index (Phi) is 4.08. The molecule has 2 fully saturated rings. The molecule has 0 atom stereocenters. The van der Waals surface area contributed by atoms with Gasteiger partial charge in [-0.2, -0.15) is 0 Å². The molecule has 2 rings (SSSR count). The molecule has 2 aliphatic rings. The van der Waals surface area contributed by atoms with Crippen LogP contribution in [0.1, 0.15) is 58.3 Å². The molecule has 2 aliphatic carbocycles. The normalized spacial score (nSPS) is 31.3. The summed E-state index contributed by atoms with van der Waals surface area (Å²) in [6.45, 7) is 2.30. The molecule has 2 N–H and O–H groups in total. The van der Waals surface area contributed by atoms with Crippen LogP contribution in [0.5, 0.6) is 0 Å². The number of rotatable bonds is 2. The first-order valence-electron chi connectivity index (χ1n) is 6.81. The third-order valence-electron chi connectivity index (χ3n) is 4.04. The first kappa shape index (κ1) is 11.7. The maximum absolute atomic E-state index is 11.7. The van der Waals surface area contributed by atoms with Crippen LogP contribution < -0.4 is 10.6 Å². The van der Waals surface area contributed by atoms with Crippen LogP contribution in [0.2, 0.25) is 0 Å². The van der Waals surface area contributed by atoms with E-state index in [1.165, 1.54) is 25.7 Å². The van der Waals surface area contributed by atoms with Gasteiger partial charge in [0.25, 0.3) is 0 Å². The van der Waals surface area contributed by atoms with Crippen LogP contribution in [0.4, 0.5) is 4.79 Å². The second-order valence-electron chi connectivity index (χ2n) is 5.56. The van der Waals surface area contributed by atoms with Gasteiger partial charge >= 0.3 is 6.03 Å². The zero-order chi connectivity index (χ0) is 11.4. The third-order valence-corrected chi connectivity index (χ3v) is 4.04. The molecule has 3 nitrogen and oxygen atoms in total. The van der Waals surface area contributed by atoms with Crippen LogP contribution in [-0.4, -0.2) is 18.1 Å². The molecule has 0 aromatic rings. The van der Waals surface area contributed by atoms with Crippen molar-refractivity contribution >= 4 is 6.03 Å². The Bertz CT molecular complexity index is 228. The van der Waals surface area contributed by atoms with E-state index < -0.39 is 0 Å². The van der Waals surface area contributed by atoms with Crippen LogP contribution in [-0.2, 0) is 0 Å². The van der Waals surface area contributed by atoms with E-state index in [0.717, 1.165) is 31.6 Å². The lowest BCUT2D eigenvalue weighted by Gasteiger charge is -2.27. The molecule has 92 valence electrons. The van der Waals surface area contributed by atoms with Gasteiger partial charge in [-0.25, -0.2) is 4.79 Å². The average Bonchev–Trinajstić information content (AvgIpc) is 2.74. The molecule has 2 saturated carbocycles. The van der Waals surface area contributed by atoms with Gasteiger partial charge in [0.05, 0.1) is 0 Å². The summed E-state index contributed by atoms with van der Waals surface area (Å²) in [5.74, 6) is 0.843. The number of carbonyl (C=O) groups is 1. The van der Waals surface area contributed by atoms with Crippen molar-refractivity contribution in [1.82, 2.24) is 10.6 Å². The molecule has 0 aromatic carbocycles. The molecule has 0 radical (unpaired) electrons. The predicted molar refractivity (Wildman–Crippen MR) is 65.3 cm³/mol. The van der Waals surface area contributed by atoms with Crippen molar-refractivity contribution in [2.45, 2.75) is 70.4 Å². The lowest BCUT2D eigenvalue weighted by atomic mass is 9.87. The van der Waals surface area contributed by atoms with Crippen molar-refractivity contribution in [1.29, 1.82) is 0 Å². The van der Waals surface area contributed by atoms with Gasteiger partial charge < -0.3 is 10.6 Å². The summed E-state index contributed by atoms with van der Waals surface area (Å²) in [7, 11) is 0. The van der Waals surface area contributed by atoms with Crippen molar-refractivity contribution in [3.8, 4) is 0 Å². The topological polar surface area (TPSA) is 41.1 Å². The second kappa shape index (κ2) is 5.55. The molecule has 2 amide bonds. The minimum absolute atomic E-state index is 0.0615. The van der Waals surface area contributed by atoms with E-state index in [1.807, 2.05) is 0 Å². The average molecular weight is 224 g/mol. The Labute approximate surface area is 98.4 Å². The Morgan fingerprint density at radius 2 is 1.38 bits per heavy atom. The van der Waals surface area contributed by atoms with Crippen LogP contribution in [0.15, 0.2) is 0 Å². The third kappa shape index (κ3) is 3.39. The fourth-order valence-electron chi connectivity index (χ4n) is 2.89. The molecule has 16 heavy (non-hydrogen) atoms. The summed E-state index contributed by atoms with van der Waals surface area (Å²) in [4.78, 5) is 11.7. The zero-order valence-electron chi connectivity index (χ0n) is 10.3. The maximum atomic E-state index is 11.7. The van der Waals surface area contributed by atoms with Gasteiger partial charge in [0, 0.05) is 12.1 Å². The van der Waals surface area contributed by atoms with Gasteiger partial charge in [0.15, 0.2) is 0 Å². The molecule has 0 saturated heterocycles. The van der Waals surface area contributed by atoms with Crippen molar-refractivity contribution in [3.63, 3.8) is 0 Å². The van der Waals surface area contributed by atoms with Crippen LogP contribution in [0.25, 0.3) is 0 Å². The fourth-order valence-corrected chi connectivity index (χ4v) is 2.89. The van der Waals surface area contributed by atoms with E-state index in [2.05, 4.69) is 17.6 Å². The highest BCUT2D eigenvalue weighted by atomic mass is 16.2. The largest absolute Gasteiger partial charge is 0.335 e. The van der Waals surface area contributed by atoms with Crippen molar-refractivity contribution < 1.29 is 4.79 Å². The van der Waals surface area contributed by atoms with Gasteiger partial charge in [-0.3, -0.25) is 0 Å². The Hall–Kier alpha value is -0.730. The summed E-state index contributed by atoms with van der Waals surface area (Å²) in [5.41, 5.74) is 0. The van der Waals surface area contributed by atoms with Gasteiger partial charge in [-0.1, -0.05) is 19.8 Å². The highest BCUT2D eigenvalue weighted by molar-refractivity contribution is 5.74. The number of hydrogen-bond donors (Lipinski definition) is 2. The van der Waals surface area contributed by atoms with Gasteiger partial charge in [-0.05, 0) is 44.4 Å². The summed E-state index contributed by atoms with van der Waals surface area (Å²) < 4.78 is 0. The monoisotopic (exact) mass is 224 g/mol. The SMILES string of the molecule is CC1CCC(NC(=O)NC2CCCC2)CC1. The maximum Gasteiger partial charge on any atom is 0.315 e. The van der Waals surface area contributed by atoms with Crippen molar-refractivity contribution in [2.75, 3.05) is 0 Å². The van der Waals surface area contributed by atoms with Crippen molar-refractivity contribution in [2.24, 2.45) is 5.92 Å². The Balaban J connectivity index is 1.66. The number of carbonyl (C=O) groups excluding carboxylic acids is 1. The first-order valence-corrected chi connectivity index (χ1v) is 6.81. The Morgan fingerprint density at radius 1 is 0.875 bits per heavy atom. The van der Waals surface area contributed by atoms with Crippen LogP contribution in [0.3, 0.4) is 0 Å². The van der Waals surface area contributed by atoms with E-state index in [1.54, 1.807) is 0 Å². The number of nitrogens with one attached hydrogen (secondary N) is 2. The highest BCUT2D eigenvalue weighted by Gasteiger charge is 2.21. The fraction of sp³-hybridized carbons (Fsp3) is 0.923. The minimum atomic E-state index is 0.0615. The van der Waals surface area contributed by atoms with E-state index in [-0.39, 0.29) is 6.03 Å². The molecule has 0 unspecified atom stereocenters. The highest BCUT2D eigenvalue weighted by Crippen LogP contribution is 2.23. The molecular formula is C13H24N2O. The quantitative estimate of drug-likeness (QED) is 0.744. The standard InChI is InChI=1S/C13H24N2O/c1-10-6-8-12(9-7-10)15-13(16)14-11-4-2-3-5-11/h10-12H,2-9H2,1H3,(H2,14,15,16). The predicted octanol–water partition coefficient (Wildman–Crippen LogP) is 2.81. The molecule has 0 aromatic heterocycles. The van der Waals surface area contributed by atoms with Crippen LogP contribution in [0, 0.1) is 5.92 Å². The molecule has 3 heteroatoms. The molecule has 0 heterocycles. The lowest BCUT2D eigenvalue weighted by Crippen LogP contribution is -2.46. The molecule has 0 bridgehead atoms. The smallest absolute Gasteiger partial charge is 0.315 e. The summed E-state index contributed by atoms with van der Waals surface area (Å²) in [6, 6.07) is 0.909. The number of hydrogen-bond acceptors (Lipinski definition) is 1. The minimum Gasteiger partial charge on any atom is -0.335 e. The molecule has 0 aliphatic heterocycles. The van der Waals surface area contributed by atoms with E-state index in [4.69, 9.17) is 0 Å². The number of amides is 2. The van der Waals surface area contributed by atoms with Crippen molar-refractivity contribution in [3.05, 3.63) is 0 Å². The Morgan fingerprint density at radius 3 is 1.94 bits per heavy atom. The van der Waals surface area contributed by atoms with Crippen LogP contribution >= 0.6 is 0 Å². The lowest BCUT2D eigenvalue weighted by molar-refractivity contribution is 0.225. The van der Waals surface area contributed by atoms with Gasteiger partial charge in [0.1, 0.15) is 0 Å². The molecular weight excluding hydrogens is 200 g/mol. The summed E-state index contributed by atoms with van der Waals surface area (Å²) in [5, 5.41) is 6.20. The second-order valence-corrected chi connectivity index (χ2v) is 5.56. The van der Waals surface area contributed by atoms with Gasteiger partial charge in [0.2, 0.25) is 0 Å².